The van der Waals surface area contributed by atoms with Crippen LogP contribution in [0, 0.1) is 13.8 Å². The molecule has 0 radical (unpaired) electrons. The summed E-state index contributed by atoms with van der Waals surface area (Å²) in [5, 5.41) is 7.40. The largest absolute Gasteiger partial charge is 0.457 e. The molecule has 59 heavy (non-hydrogen) atoms. The molecule has 8 rings (SSSR count). The van der Waals surface area contributed by atoms with E-state index in [1.807, 2.05) is 54.9 Å². The molecular formula is C46H49ClN8O4. The first kappa shape index (κ1) is 40.1. The van der Waals surface area contributed by atoms with Gasteiger partial charge in [0, 0.05) is 36.8 Å². The molecular weight excluding hydrogens is 764 g/mol. The van der Waals surface area contributed by atoms with Crippen molar-refractivity contribution in [3.8, 4) is 11.5 Å². The fourth-order valence-electron chi connectivity index (χ4n) is 8.42. The van der Waals surface area contributed by atoms with E-state index in [4.69, 9.17) is 31.0 Å². The van der Waals surface area contributed by atoms with E-state index in [1.54, 1.807) is 24.4 Å². The summed E-state index contributed by atoms with van der Waals surface area (Å²) < 4.78 is 12.0. The maximum atomic E-state index is 13.8. The zero-order chi connectivity index (χ0) is 40.7. The summed E-state index contributed by atoms with van der Waals surface area (Å²) >= 11 is 6.62. The molecule has 304 valence electrons. The lowest BCUT2D eigenvalue weighted by molar-refractivity contribution is -0.135. The lowest BCUT2D eigenvalue weighted by atomic mass is 9.88. The van der Waals surface area contributed by atoms with E-state index in [9.17, 15) is 9.59 Å². The van der Waals surface area contributed by atoms with Crippen molar-refractivity contribution >= 4 is 40.1 Å². The first-order valence-corrected chi connectivity index (χ1v) is 20.9. The number of aromatic amines is 1. The minimum Gasteiger partial charge on any atom is -0.457 e. The molecule has 2 aliphatic rings. The number of rotatable bonds is 14. The second-order valence-corrected chi connectivity index (χ2v) is 15.8. The van der Waals surface area contributed by atoms with Crippen LogP contribution in [-0.2, 0) is 9.53 Å². The highest BCUT2D eigenvalue weighted by Crippen LogP contribution is 2.42. The molecule has 3 N–H and O–H groups in total. The summed E-state index contributed by atoms with van der Waals surface area (Å²) in [4.78, 5) is 51.3. The van der Waals surface area contributed by atoms with Crippen molar-refractivity contribution in [2.45, 2.75) is 83.0 Å². The summed E-state index contributed by atoms with van der Waals surface area (Å²) in [6.07, 6.45) is 12.6. The third-order valence-electron chi connectivity index (χ3n) is 11.4. The van der Waals surface area contributed by atoms with Gasteiger partial charge in [0.1, 0.15) is 35.4 Å². The van der Waals surface area contributed by atoms with Crippen LogP contribution in [0.2, 0.25) is 5.02 Å². The topological polar surface area (TPSA) is 147 Å². The van der Waals surface area contributed by atoms with Crippen LogP contribution in [0.4, 0.5) is 5.82 Å². The predicted molar refractivity (Wildman–Crippen MR) is 228 cm³/mol. The van der Waals surface area contributed by atoms with Crippen molar-refractivity contribution in [1.29, 1.82) is 0 Å². The number of pyridine rings is 2. The van der Waals surface area contributed by atoms with E-state index in [1.165, 1.54) is 17.5 Å². The number of amides is 1. The van der Waals surface area contributed by atoms with E-state index in [-0.39, 0.29) is 34.8 Å². The van der Waals surface area contributed by atoms with E-state index in [2.05, 4.69) is 56.5 Å². The van der Waals surface area contributed by atoms with Crippen LogP contribution in [0.3, 0.4) is 0 Å². The van der Waals surface area contributed by atoms with Gasteiger partial charge in [0.15, 0.2) is 5.78 Å². The van der Waals surface area contributed by atoms with Crippen LogP contribution >= 0.6 is 11.6 Å². The maximum Gasteiger partial charge on any atom is 0.249 e. The summed E-state index contributed by atoms with van der Waals surface area (Å²) in [5.41, 5.74) is 5.96. The Bertz CT molecular complexity index is 2350. The number of hydrogen-bond donors (Lipinski definition) is 3. The smallest absolute Gasteiger partial charge is 0.249 e. The molecule has 0 aliphatic carbocycles. The zero-order valence-electron chi connectivity index (χ0n) is 33.4. The fraction of sp³-hybridized carbons (Fsp3) is 0.348. The maximum absolute atomic E-state index is 13.8. The van der Waals surface area contributed by atoms with Gasteiger partial charge in [-0.15, -0.1) is 0 Å². The highest BCUT2D eigenvalue weighted by molar-refractivity contribution is 6.35. The monoisotopic (exact) mass is 812 g/mol. The number of H-pyrrole nitrogens is 1. The number of aromatic nitrogens is 5. The summed E-state index contributed by atoms with van der Waals surface area (Å²) in [5.74, 6) is 1.33. The molecule has 1 amide bonds. The third kappa shape index (κ3) is 9.15. The van der Waals surface area contributed by atoms with E-state index >= 15 is 0 Å². The van der Waals surface area contributed by atoms with Gasteiger partial charge >= 0.3 is 0 Å². The molecule has 2 fully saturated rings. The van der Waals surface area contributed by atoms with Crippen molar-refractivity contribution in [3.05, 3.63) is 136 Å². The zero-order valence-corrected chi connectivity index (χ0v) is 34.1. The summed E-state index contributed by atoms with van der Waals surface area (Å²) in [6.45, 7) is 6.07. The van der Waals surface area contributed by atoms with Gasteiger partial charge in [0.2, 0.25) is 5.91 Å². The van der Waals surface area contributed by atoms with Crippen molar-refractivity contribution < 1.29 is 19.1 Å². The Morgan fingerprint density at radius 2 is 1.59 bits per heavy atom. The minimum absolute atomic E-state index is 0.0922. The van der Waals surface area contributed by atoms with E-state index in [0.29, 0.717) is 65.5 Å². The Morgan fingerprint density at radius 1 is 0.847 bits per heavy atom. The molecule has 0 spiro atoms. The van der Waals surface area contributed by atoms with Crippen LogP contribution in [0.25, 0.3) is 11.0 Å². The highest BCUT2D eigenvalue weighted by Gasteiger charge is 2.35. The van der Waals surface area contributed by atoms with Gasteiger partial charge in [-0.25, -0.2) is 9.97 Å². The van der Waals surface area contributed by atoms with Gasteiger partial charge in [0.05, 0.1) is 52.1 Å². The Morgan fingerprint density at radius 3 is 2.27 bits per heavy atom. The number of anilines is 1. The van der Waals surface area contributed by atoms with Crippen LogP contribution in [0.15, 0.2) is 97.7 Å². The number of halogens is 1. The van der Waals surface area contributed by atoms with Gasteiger partial charge in [0.25, 0.3) is 0 Å². The average molecular weight is 813 g/mol. The molecule has 2 saturated heterocycles. The number of unbranched alkanes of at least 4 members (excludes halogenated alkanes) is 1. The Balaban J connectivity index is 0.842. The van der Waals surface area contributed by atoms with Crippen molar-refractivity contribution in [2.24, 2.45) is 0 Å². The molecule has 2 aliphatic heterocycles. The molecule has 4 aromatic heterocycles. The molecule has 2 aromatic carbocycles. The minimum atomic E-state index is -0.533. The first-order valence-electron chi connectivity index (χ1n) is 20.5. The van der Waals surface area contributed by atoms with Crippen molar-refractivity contribution in [2.75, 3.05) is 25.0 Å². The number of benzene rings is 2. The molecule has 0 bridgehead atoms. The standard InChI is InChI=1S/C46H49ClN8O4/c1-29-11-9-22-48-41(29)37-15-8-16-38(42-30(2)12-10-23-49-42)55(37)24-7-6-21-50-46(57)39-20-17-31(27-58-39)54-45-40-35(26-51-44(40)52-28-53-45)43(56)34-19-18-33(25-36(34)47)59-32-13-4-3-5-14-32/h3-5,9-14,18-19,22-23,25-26,28,31,37-39H,6-8,15-17,20-21,24,27H2,1-2H3,(H,50,57)(H2,51,52,53,54)/t31-,37-,38+,39+/m1/s1. The van der Waals surface area contributed by atoms with Crippen molar-refractivity contribution in [3.63, 3.8) is 0 Å². The number of carbonyl (C=O) groups is 2. The van der Waals surface area contributed by atoms with Gasteiger partial charge in [-0.1, -0.05) is 41.9 Å². The van der Waals surface area contributed by atoms with Crippen LogP contribution in [0.5, 0.6) is 11.5 Å². The summed E-state index contributed by atoms with van der Waals surface area (Å²) in [6, 6.07) is 23.0. The molecule has 0 unspecified atom stereocenters. The number of aryl methyl sites for hydroxylation is 2. The molecule has 12 nitrogen and oxygen atoms in total. The molecule has 13 heteroatoms. The lowest BCUT2D eigenvalue weighted by Crippen LogP contribution is -2.43. The van der Waals surface area contributed by atoms with Gasteiger partial charge in [-0.05, 0) is 113 Å². The molecule has 0 saturated carbocycles. The quantitative estimate of drug-likeness (QED) is 0.0720. The van der Waals surface area contributed by atoms with Crippen LogP contribution < -0.4 is 15.4 Å². The third-order valence-corrected chi connectivity index (χ3v) is 11.7. The number of carbonyl (C=O) groups excluding carboxylic acids is 2. The number of nitrogens with one attached hydrogen (secondary N) is 3. The lowest BCUT2D eigenvalue weighted by Gasteiger charge is -2.42. The molecule has 6 heterocycles. The predicted octanol–water partition coefficient (Wildman–Crippen LogP) is 8.87. The number of ketones is 1. The number of fused-ring (bicyclic) bond motifs is 1. The SMILES string of the molecule is Cc1cccnc1[C@H]1CCC[C@@H](c2ncccc2C)N1CCCCNC(=O)[C@@H]1CC[C@@H](Nc2ncnc3[nH]cc(C(=O)c4ccc(Oc5ccccc5)cc4Cl)c23)CO1. The Kier molecular flexibility index (Phi) is 12.6. The van der Waals surface area contributed by atoms with Gasteiger partial charge in [-0.3, -0.25) is 24.5 Å². The number of hydrogen-bond acceptors (Lipinski definition) is 10. The number of likely N-dealkylation sites (tertiary alicyclic amines) is 1. The molecule has 4 atom stereocenters. The second-order valence-electron chi connectivity index (χ2n) is 15.4. The van der Waals surface area contributed by atoms with Crippen LogP contribution in [-0.4, -0.2) is 73.4 Å². The Labute approximate surface area is 349 Å². The number of piperidine rings is 1. The number of ether oxygens (including phenoxy) is 2. The fourth-order valence-corrected chi connectivity index (χ4v) is 8.68. The normalized spacial score (nSPS) is 19.6. The van der Waals surface area contributed by atoms with E-state index in [0.717, 1.165) is 50.0 Å². The van der Waals surface area contributed by atoms with Crippen LogP contribution in [0.1, 0.15) is 95.5 Å². The average Bonchev–Trinajstić information content (AvgIpc) is 3.70. The number of para-hydroxylation sites is 1. The van der Waals surface area contributed by atoms with E-state index < -0.39 is 6.10 Å². The van der Waals surface area contributed by atoms with Gasteiger partial charge < -0.3 is 25.1 Å². The van der Waals surface area contributed by atoms with Gasteiger partial charge in [-0.2, -0.15) is 0 Å². The highest BCUT2D eigenvalue weighted by atomic mass is 35.5. The van der Waals surface area contributed by atoms with Crippen molar-refractivity contribution in [1.82, 2.24) is 35.1 Å². The Hall–Kier alpha value is -5.69. The number of nitrogens with zero attached hydrogens (tertiary/aromatic N) is 5. The second kappa shape index (κ2) is 18.5. The first-order chi connectivity index (χ1) is 28.8. The molecule has 6 aromatic rings. The summed E-state index contributed by atoms with van der Waals surface area (Å²) in [7, 11) is 0.